The van der Waals surface area contributed by atoms with Gasteiger partial charge in [0.1, 0.15) is 0 Å². The number of hydrogen-bond donors (Lipinski definition) is 0. The second-order valence-corrected chi connectivity index (χ2v) is 8.73. The summed E-state index contributed by atoms with van der Waals surface area (Å²) < 4.78 is 28.5. The number of hydrogen-bond acceptors (Lipinski definition) is 5. The van der Waals surface area contributed by atoms with Gasteiger partial charge in [-0.15, -0.1) is 0 Å². The summed E-state index contributed by atoms with van der Waals surface area (Å²) in [5.74, 6) is 0.241. The van der Waals surface area contributed by atoms with E-state index in [-0.39, 0.29) is 23.5 Å². The second-order valence-electron chi connectivity index (χ2n) is 6.50. The fraction of sp³-hybridized carbons (Fsp3) is 0.588. The molecule has 24 heavy (non-hydrogen) atoms. The largest absolute Gasteiger partial charge is 0.378 e. The molecule has 1 unspecified atom stereocenters. The van der Waals surface area contributed by atoms with E-state index in [1.54, 1.807) is 11.9 Å². The minimum absolute atomic E-state index is 0.0313. The molecule has 2 saturated heterocycles. The molecule has 0 aromatic heterocycles. The molecule has 6 nitrogen and oxygen atoms in total. The Morgan fingerprint density at radius 3 is 2.50 bits per heavy atom. The summed E-state index contributed by atoms with van der Waals surface area (Å²) in [6.45, 7) is 3.26. The van der Waals surface area contributed by atoms with E-state index in [4.69, 9.17) is 4.74 Å². The van der Waals surface area contributed by atoms with Crippen LogP contribution < -0.4 is 4.90 Å². The average molecular weight is 352 g/mol. The van der Waals surface area contributed by atoms with Crippen molar-refractivity contribution >= 4 is 21.4 Å². The number of rotatable bonds is 4. The number of carbonyl (C=O) groups excluding carboxylic acids is 1. The lowest BCUT2D eigenvalue weighted by atomic mass is 10.1. The van der Waals surface area contributed by atoms with Gasteiger partial charge in [0.2, 0.25) is 5.91 Å². The maximum atomic E-state index is 12.4. The summed E-state index contributed by atoms with van der Waals surface area (Å²) in [6.07, 6.45) is 0.844. The lowest BCUT2D eigenvalue weighted by Gasteiger charge is -2.29. The van der Waals surface area contributed by atoms with E-state index < -0.39 is 9.84 Å². The zero-order chi connectivity index (χ0) is 17.2. The molecule has 0 spiro atoms. The Morgan fingerprint density at radius 2 is 1.92 bits per heavy atom. The summed E-state index contributed by atoms with van der Waals surface area (Å²) in [5, 5.41) is 0. The van der Waals surface area contributed by atoms with E-state index in [2.05, 4.69) is 4.90 Å². The fourth-order valence-electron chi connectivity index (χ4n) is 3.23. The molecule has 2 heterocycles. The summed E-state index contributed by atoms with van der Waals surface area (Å²) in [4.78, 5) is 16.3. The number of ether oxygens (including phenoxy) is 1. The number of amides is 1. The van der Waals surface area contributed by atoms with E-state index in [0.29, 0.717) is 12.8 Å². The Kier molecular flexibility index (Phi) is 5.10. The Morgan fingerprint density at radius 1 is 1.25 bits per heavy atom. The maximum absolute atomic E-state index is 12.4. The molecule has 132 valence electrons. The smallest absolute Gasteiger partial charge is 0.227 e. The number of carbonyl (C=O) groups is 1. The first kappa shape index (κ1) is 17.2. The Hall–Kier alpha value is -1.60. The van der Waals surface area contributed by atoms with Gasteiger partial charge in [-0.3, -0.25) is 4.79 Å². The highest BCUT2D eigenvalue weighted by atomic mass is 32.2. The molecule has 0 aliphatic carbocycles. The monoisotopic (exact) mass is 352 g/mol. The van der Waals surface area contributed by atoms with Crippen molar-refractivity contribution in [2.24, 2.45) is 0 Å². The van der Waals surface area contributed by atoms with Crippen LogP contribution in [0.1, 0.15) is 12.0 Å². The van der Waals surface area contributed by atoms with Gasteiger partial charge >= 0.3 is 0 Å². The highest BCUT2D eigenvalue weighted by Crippen LogP contribution is 2.19. The van der Waals surface area contributed by atoms with Crippen LogP contribution >= 0.6 is 0 Å². The van der Waals surface area contributed by atoms with Gasteiger partial charge in [-0.1, -0.05) is 12.1 Å². The molecule has 0 radical (unpaired) electrons. The van der Waals surface area contributed by atoms with Crippen LogP contribution in [0.15, 0.2) is 24.3 Å². The third kappa shape index (κ3) is 4.08. The summed E-state index contributed by atoms with van der Waals surface area (Å²) >= 11 is 0. The van der Waals surface area contributed by atoms with E-state index in [1.165, 1.54) is 0 Å². The number of morpholine rings is 1. The molecule has 1 aromatic rings. The van der Waals surface area contributed by atoms with Gasteiger partial charge in [-0.25, -0.2) is 8.42 Å². The summed E-state index contributed by atoms with van der Waals surface area (Å²) in [5.41, 5.74) is 2.09. The van der Waals surface area contributed by atoms with Crippen LogP contribution in [-0.2, 0) is 25.8 Å². The molecule has 7 heteroatoms. The van der Waals surface area contributed by atoms with Gasteiger partial charge in [-0.2, -0.15) is 0 Å². The number of anilines is 1. The maximum Gasteiger partial charge on any atom is 0.227 e. The molecule has 3 rings (SSSR count). The van der Waals surface area contributed by atoms with Crippen LogP contribution in [-0.4, -0.2) is 70.1 Å². The Labute approximate surface area is 143 Å². The van der Waals surface area contributed by atoms with Crippen molar-refractivity contribution in [3.8, 4) is 0 Å². The van der Waals surface area contributed by atoms with Crippen LogP contribution in [0.2, 0.25) is 0 Å². The van der Waals surface area contributed by atoms with Gasteiger partial charge in [0.25, 0.3) is 0 Å². The van der Waals surface area contributed by atoms with E-state index in [9.17, 15) is 13.2 Å². The lowest BCUT2D eigenvalue weighted by molar-refractivity contribution is -0.130. The SMILES string of the molecule is CN(C(=O)Cc1ccc(N2CCOCC2)cc1)C1CCS(=O)(=O)C1. The van der Waals surface area contributed by atoms with Crippen LogP contribution in [0, 0.1) is 0 Å². The van der Waals surface area contributed by atoms with Crippen LogP contribution in [0.5, 0.6) is 0 Å². The fourth-order valence-corrected chi connectivity index (χ4v) is 5.00. The molecule has 0 N–H and O–H groups in total. The number of likely N-dealkylation sites (N-methyl/N-ethyl adjacent to an activating group) is 1. The molecule has 1 amide bonds. The number of nitrogens with zero attached hydrogens (tertiary/aromatic N) is 2. The second kappa shape index (κ2) is 7.11. The zero-order valence-electron chi connectivity index (χ0n) is 14.0. The minimum Gasteiger partial charge on any atom is -0.378 e. The van der Waals surface area contributed by atoms with Gasteiger partial charge in [-0.05, 0) is 24.1 Å². The van der Waals surface area contributed by atoms with Crippen molar-refractivity contribution in [3.63, 3.8) is 0 Å². The van der Waals surface area contributed by atoms with Crippen LogP contribution in [0.25, 0.3) is 0 Å². The van der Waals surface area contributed by atoms with Crippen molar-refractivity contribution in [2.45, 2.75) is 18.9 Å². The predicted molar refractivity (Wildman–Crippen MR) is 93.0 cm³/mol. The minimum atomic E-state index is -2.97. The summed E-state index contributed by atoms with van der Waals surface area (Å²) in [7, 11) is -1.27. The van der Waals surface area contributed by atoms with Crippen molar-refractivity contribution in [1.29, 1.82) is 0 Å². The molecule has 2 aliphatic rings. The molecule has 1 atom stereocenters. The number of sulfone groups is 1. The normalized spacial score (nSPS) is 23.2. The van der Waals surface area contributed by atoms with Gasteiger partial charge in [0.15, 0.2) is 9.84 Å². The summed E-state index contributed by atoms with van der Waals surface area (Å²) in [6, 6.07) is 7.83. The van der Waals surface area contributed by atoms with E-state index in [1.807, 2.05) is 24.3 Å². The van der Waals surface area contributed by atoms with Crippen LogP contribution in [0.3, 0.4) is 0 Å². The lowest BCUT2D eigenvalue weighted by Crippen LogP contribution is -2.38. The van der Waals surface area contributed by atoms with Gasteiger partial charge in [0.05, 0.1) is 31.1 Å². The van der Waals surface area contributed by atoms with Crippen molar-refractivity contribution in [2.75, 3.05) is 49.8 Å². The van der Waals surface area contributed by atoms with E-state index in [0.717, 1.165) is 37.6 Å². The molecule has 1 aromatic carbocycles. The molecular weight excluding hydrogens is 328 g/mol. The van der Waals surface area contributed by atoms with Gasteiger partial charge in [0, 0.05) is 31.9 Å². The third-order valence-electron chi connectivity index (χ3n) is 4.82. The third-order valence-corrected chi connectivity index (χ3v) is 6.57. The van der Waals surface area contributed by atoms with Crippen molar-refractivity contribution in [3.05, 3.63) is 29.8 Å². The molecule has 0 saturated carbocycles. The van der Waals surface area contributed by atoms with Crippen molar-refractivity contribution < 1.29 is 17.9 Å². The first-order valence-electron chi connectivity index (χ1n) is 8.32. The Balaban J connectivity index is 1.58. The zero-order valence-corrected chi connectivity index (χ0v) is 14.8. The molecular formula is C17H24N2O4S. The Bertz CT molecular complexity index is 681. The first-order chi connectivity index (χ1) is 11.4. The highest BCUT2D eigenvalue weighted by molar-refractivity contribution is 7.91. The molecule has 2 aliphatic heterocycles. The van der Waals surface area contributed by atoms with Crippen LogP contribution in [0.4, 0.5) is 5.69 Å². The first-order valence-corrected chi connectivity index (χ1v) is 10.1. The van der Waals surface area contributed by atoms with Gasteiger partial charge < -0.3 is 14.5 Å². The standard InChI is InChI=1S/C17H24N2O4S/c1-18(16-6-11-24(21,22)13-16)17(20)12-14-2-4-15(5-3-14)19-7-9-23-10-8-19/h2-5,16H,6-13H2,1H3. The average Bonchev–Trinajstić information content (AvgIpc) is 2.95. The van der Waals surface area contributed by atoms with Crippen molar-refractivity contribution in [1.82, 2.24) is 4.90 Å². The van der Waals surface area contributed by atoms with E-state index >= 15 is 0 Å². The quantitative estimate of drug-likeness (QED) is 0.798. The number of benzene rings is 1. The molecule has 0 bridgehead atoms. The highest BCUT2D eigenvalue weighted by Gasteiger charge is 2.32. The molecule has 2 fully saturated rings. The topological polar surface area (TPSA) is 66.9 Å². The predicted octanol–water partition coefficient (Wildman–Crippen LogP) is 0.711.